The summed E-state index contributed by atoms with van der Waals surface area (Å²) in [7, 11) is 0. The van der Waals surface area contributed by atoms with E-state index in [1.165, 1.54) is 11.3 Å². The molecule has 86 valence electrons. The first-order chi connectivity index (χ1) is 7.58. The van der Waals surface area contributed by atoms with Gasteiger partial charge in [0.1, 0.15) is 0 Å². The molecule has 1 aromatic carbocycles. The Morgan fingerprint density at radius 1 is 1.19 bits per heavy atom. The first-order valence-corrected chi connectivity index (χ1v) is 6.03. The standard InChI is InChI=1S/C14H20N2/c1-5-16(6-2)11-7-8-13-12(9-11)14(3,4)10-15-13/h7-10H,5-6H2,1-4H3. The van der Waals surface area contributed by atoms with Crippen LogP contribution in [-0.4, -0.2) is 19.3 Å². The zero-order chi connectivity index (χ0) is 11.8. The predicted molar refractivity (Wildman–Crippen MR) is 71.2 cm³/mol. The van der Waals surface area contributed by atoms with E-state index in [9.17, 15) is 0 Å². The fraction of sp³-hybridized carbons (Fsp3) is 0.500. The molecule has 2 heteroatoms. The molecule has 0 spiro atoms. The SMILES string of the molecule is CCN(CC)c1ccc2c(c1)C(C)(C)C=N2. The van der Waals surface area contributed by atoms with E-state index in [0.29, 0.717) is 0 Å². The average Bonchev–Trinajstić information content (AvgIpc) is 2.57. The third-order valence-electron chi connectivity index (χ3n) is 3.33. The van der Waals surface area contributed by atoms with Crippen LogP contribution in [0.2, 0.25) is 0 Å². The number of hydrogen-bond acceptors (Lipinski definition) is 2. The lowest BCUT2D eigenvalue weighted by Crippen LogP contribution is -2.22. The average molecular weight is 216 g/mol. The largest absolute Gasteiger partial charge is 0.372 e. The second-order valence-corrected chi connectivity index (χ2v) is 4.85. The molecule has 0 unspecified atom stereocenters. The summed E-state index contributed by atoms with van der Waals surface area (Å²) in [6, 6.07) is 6.59. The van der Waals surface area contributed by atoms with Crippen molar-refractivity contribution in [2.75, 3.05) is 18.0 Å². The van der Waals surface area contributed by atoms with Crippen LogP contribution < -0.4 is 4.90 Å². The highest BCUT2D eigenvalue weighted by Gasteiger charge is 2.26. The third-order valence-corrected chi connectivity index (χ3v) is 3.33. The maximum atomic E-state index is 4.46. The molecule has 0 saturated carbocycles. The van der Waals surface area contributed by atoms with Crippen LogP contribution in [0.25, 0.3) is 0 Å². The van der Waals surface area contributed by atoms with Crippen LogP contribution in [0.4, 0.5) is 11.4 Å². The second kappa shape index (κ2) is 3.93. The second-order valence-electron chi connectivity index (χ2n) is 4.85. The van der Waals surface area contributed by atoms with Crippen LogP contribution in [-0.2, 0) is 5.41 Å². The van der Waals surface area contributed by atoms with Crippen molar-refractivity contribution < 1.29 is 0 Å². The lowest BCUT2D eigenvalue weighted by atomic mass is 9.87. The Hall–Kier alpha value is -1.31. The number of hydrogen-bond donors (Lipinski definition) is 0. The summed E-state index contributed by atoms with van der Waals surface area (Å²) >= 11 is 0. The highest BCUT2D eigenvalue weighted by Crippen LogP contribution is 2.38. The Labute approximate surface area is 98.0 Å². The van der Waals surface area contributed by atoms with Crippen molar-refractivity contribution in [1.29, 1.82) is 0 Å². The van der Waals surface area contributed by atoms with Crippen molar-refractivity contribution in [3.8, 4) is 0 Å². The Balaban J connectivity index is 2.41. The molecule has 0 saturated heterocycles. The number of nitrogens with zero attached hydrogens (tertiary/aromatic N) is 2. The molecule has 0 radical (unpaired) electrons. The van der Waals surface area contributed by atoms with Crippen LogP contribution in [0, 0.1) is 0 Å². The van der Waals surface area contributed by atoms with Crippen molar-refractivity contribution in [2.45, 2.75) is 33.1 Å². The van der Waals surface area contributed by atoms with Crippen molar-refractivity contribution in [2.24, 2.45) is 4.99 Å². The van der Waals surface area contributed by atoms with Crippen molar-refractivity contribution in [3.05, 3.63) is 23.8 Å². The number of aliphatic imine (C=N–C) groups is 1. The van der Waals surface area contributed by atoms with Gasteiger partial charge in [-0.25, -0.2) is 0 Å². The van der Waals surface area contributed by atoms with Crippen molar-refractivity contribution >= 4 is 17.6 Å². The highest BCUT2D eigenvalue weighted by molar-refractivity contribution is 5.85. The molecule has 2 rings (SSSR count). The van der Waals surface area contributed by atoms with Gasteiger partial charge < -0.3 is 4.90 Å². The molecule has 1 aromatic rings. The fourth-order valence-corrected chi connectivity index (χ4v) is 2.24. The van der Waals surface area contributed by atoms with Crippen molar-refractivity contribution in [1.82, 2.24) is 0 Å². The maximum absolute atomic E-state index is 4.46. The fourth-order valence-electron chi connectivity index (χ4n) is 2.24. The van der Waals surface area contributed by atoms with E-state index in [-0.39, 0.29) is 5.41 Å². The van der Waals surface area contributed by atoms with Gasteiger partial charge in [0.2, 0.25) is 0 Å². The smallest absolute Gasteiger partial charge is 0.0668 e. The molecule has 0 N–H and O–H groups in total. The van der Waals surface area contributed by atoms with Gasteiger partial charge in [-0.1, -0.05) is 13.8 Å². The van der Waals surface area contributed by atoms with Crippen LogP contribution in [0.5, 0.6) is 0 Å². The molecular formula is C14H20N2. The van der Waals surface area contributed by atoms with E-state index < -0.39 is 0 Å². The molecule has 0 amide bonds. The number of anilines is 1. The zero-order valence-corrected chi connectivity index (χ0v) is 10.6. The van der Waals surface area contributed by atoms with E-state index in [1.807, 2.05) is 6.21 Å². The van der Waals surface area contributed by atoms with Gasteiger partial charge in [-0.2, -0.15) is 0 Å². The Bertz CT molecular complexity index is 415. The van der Waals surface area contributed by atoms with Crippen molar-refractivity contribution in [3.63, 3.8) is 0 Å². The summed E-state index contributed by atoms with van der Waals surface area (Å²) in [5.41, 5.74) is 3.86. The summed E-state index contributed by atoms with van der Waals surface area (Å²) in [6.45, 7) is 10.9. The Morgan fingerprint density at radius 3 is 2.50 bits per heavy atom. The summed E-state index contributed by atoms with van der Waals surface area (Å²) in [5, 5.41) is 0. The van der Waals surface area contributed by atoms with E-state index in [1.54, 1.807) is 0 Å². The molecule has 1 heterocycles. The normalized spacial score (nSPS) is 16.2. The van der Waals surface area contributed by atoms with Gasteiger partial charge in [-0.05, 0) is 37.6 Å². The molecule has 1 aliphatic heterocycles. The molecule has 0 fully saturated rings. The lowest BCUT2D eigenvalue weighted by molar-refractivity contribution is 0.750. The predicted octanol–water partition coefficient (Wildman–Crippen LogP) is 3.53. The van der Waals surface area contributed by atoms with E-state index >= 15 is 0 Å². The number of benzene rings is 1. The van der Waals surface area contributed by atoms with Gasteiger partial charge in [-0.15, -0.1) is 0 Å². The monoisotopic (exact) mass is 216 g/mol. The molecule has 2 nitrogen and oxygen atoms in total. The van der Waals surface area contributed by atoms with Gasteiger partial charge in [0.25, 0.3) is 0 Å². The van der Waals surface area contributed by atoms with Crippen LogP contribution in [0.15, 0.2) is 23.2 Å². The highest BCUT2D eigenvalue weighted by atomic mass is 15.1. The molecule has 0 aliphatic carbocycles. The lowest BCUT2D eigenvalue weighted by Gasteiger charge is -2.24. The summed E-state index contributed by atoms with van der Waals surface area (Å²) in [6.07, 6.45) is 2.05. The van der Waals surface area contributed by atoms with Gasteiger partial charge >= 0.3 is 0 Å². The first kappa shape index (κ1) is 11.2. The summed E-state index contributed by atoms with van der Waals surface area (Å²) in [5.74, 6) is 0. The summed E-state index contributed by atoms with van der Waals surface area (Å²) in [4.78, 5) is 6.83. The first-order valence-electron chi connectivity index (χ1n) is 6.03. The van der Waals surface area contributed by atoms with Gasteiger partial charge in [0.05, 0.1) is 5.69 Å². The van der Waals surface area contributed by atoms with E-state index in [4.69, 9.17) is 0 Å². The molecule has 1 aliphatic rings. The summed E-state index contributed by atoms with van der Waals surface area (Å²) < 4.78 is 0. The molecule has 0 atom stereocenters. The van der Waals surface area contributed by atoms with Crippen LogP contribution in [0.1, 0.15) is 33.3 Å². The van der Waals surface area contributed by atoms with E-state index in [0.717, 1.165) is 18.8 Å². The Kier molecular flexibility index (Phi) is 2.75. The van der Waals surface area contributed by atoms with Gasteiger partial charge in [0.15, 0.2) is 0 Å². The van der Waals surface area contributed by atoms with E-state index in [2.05, 4.69) is 55.8 Å². The zero-order valence-electron chi connectivity index (χ0n) is 10.6. The number of fused-ring (bicyclic) bond motifs is 1. The minimum atomic E-state index is 0.0818. The Morgan fingerprint density at radius 2 is 1.88 bits per heavy atom. The minimum Gasteiger partial charge on any atom is -0.372 e. The van der Waals surface area contributed by atoms with Gasteiger partial charge in [0, 0.05) is 30.4 Å². The third kappa shape index (κ3) is 1.73. The molecule has 0 aromatic heterocycles. The quantitative estimate of drug-likeness (QED) is 0.754. The van der Waals surface area contributed by atoms with Gasteiger partial charge in [-0.3, -0.25) is 4.99 Å². The maximum Gasteiger partial charge on any atom is 0.0668 e. The minimum absolute atomic E-state index is 0.0818. The van der Waals surface area contributed by atoms with Crippen LogP contribution in [0.3, 0.4) is 0 Å². The molecular weight excluding hydrogens is 196 g/mol. The number of rotatable bonds is 3. The molecule has 16 heavy (non-hydrogen) atoms. The molecule has 0 bridgehead atoms. The van der Waals surface area contributed by atoms with Crippen LogP contribution >= 0.6 is 0 Å². The topological polar surface area (TPSA) is 15.6 Å².